The molecule has 1 aliphatic carbocycles. The summed E-state index contributed by atoms with van der Waals surface area (Å²) in [6, 6.07) is 0. The van der Waals surface area contributed by atoms with Gasteiger partial charge in [0.25, 0.3) is 0 Å². The Hall–Kier alpha value is -0.0800. The predicted molar refractivity (Wildman–Crippen MR) is 67.7 cm³/mol. The van der Waals surface area contributed by atoms with E-state index in [1.54, 1.807) is 0 Å². The molecule has 2 fully saturated rings. The summed E-state index contributed by atoms with van der Waals surface area (Å²) < 4.78 is 5.60. The van der Waals surface area contributed by atoms with Crippen LogP contribution in [0.3, 0.4) is 0 Å². The molecule has 1 N–H and O–H groups in total. The van der Waals surface area contributed by atoms with E-state index in [0.717, 1.165) is 19.1 Å². The quantitative estimate of drug-likeness (QED) is 0.573. The van der Waals surface area contributed by atoms with Crippen LogP contribution in [0.15, 0.2) is 0 Å². The normalized spacial score (nSPS) is 28.1. The third-order valence-electron chi connectivity index (χ3n) is 4.10. The lowest BCUT2D eigenvalue weighted by Crippen LogP contribution is -2.28. The van der Waals surface area contributed by atoms with Gasteiger partial charge >= 0.3 is 0 Å². The Bertz CT molecular complexity index is 170. The minimum Gasteiger partial charge on any atom is -0.377 e. The van der Waals surface area contributed by atoms with E-state index in [1.807, 2.05) is 0 Å². The fourth-order valence-electron chi connectivity index (χ4n) is 3.03. The van der Waals surface area contributed by atoms with Crippen LogP contribution in [0, 0.1) is 5.92 Å². The molecule has 2 nitrogen and oxygen atoms in total. The van der Waals surface area contributed by atoms with Crippen molar-refractivity contribution in [3.05, 3.63) is 0 Å². The van der Waals surface area contributed by atoms with E-state index in [-0.39, 0.29) is 0 Å². The fourth-order valence-corrected chi connectivity index (χ4v) is 3.03. The van der Waals surface area contributed by atoms with Crippen molar-refractivity contribution < 1.29 is 4.74 Å². The zero-order valence-electron chi connectivity index (χ0n) is 10.5. The van der Waals surface area contributed by atoms with E-state index in [4.69, 9.17) is 4.74 Å². The number of ether oxygens (including phenoxy) is 1. The Kier molecular flexibility index (Phi) is 5.64. The van der Waals surface area contributed by atoms with Gasteiger partial charge in [-0.2, -0.15) is 0 Å². The highest BCUT2D eigenvalue weighted by molar-refractivity contribution is 4.69. The molecule has 2 rings (SSSR count). The molecule has 0 spiro atoms. The Morgan fingerprint density at radius 2 is 1.75 bits per heavy atom. The van der Waals surface area contributed by atoms with Crippen molar-refractivity contribution in [2.24, 2.45) is 5.92 Å². The zero-order valence-corrected chi connectivity index (χ0v) is 10.5. The van der Waals surface area contributed by atoms with Gasteiger partial charge in [-0.25, -0.2) is 0 Å². The van der Waals surface area contributed by atoms with E-state index in [2.05, 4.69) is 5.32 Å². The van der Waals surface area contributed by atoms with Crippen LogP contribution < -0.4 is 5.32 Å². The summed E-state index contributed by atoms with van der Waals surface area (Å²) in [7, 11) is 0. The highest BCUT2D eigenvalue weighted by atomic mass is 16.5. The van der Waals surface area contributed by atoms with Crippen LogP contribution in [0.25, 0.3) is 0 Å². The zero-order chi connectivity index (χ0) is 11.1. The number of hydrogen-bond donors (Lipinski definition) is 1. The molecule has 1 saturated carbocycles. The van der Waals surface area contributed by atoms with Gasteiger partial charge in [0, 0.05) is 13.2 Å². The minimum absolute atomic E-state index is 0.508. The number of hydrogen-bond acceptors (Lipinski definition) is 2. The minimum atomic E-state index is 0.508. The molecular weight excluding hydrogens is 198 g/mol. The van der Waals surface area contributed by atoms with Gasteiger partial charge < -0.3 is 10.1 Å². The lowest BCUT2D eigenvalue weighted by Gasteiger charge is -2.15. The summed E-state index contributed by atoms with van der Waals surface area (Å²) in [5.41, 5.74) is 0. The van der Waals surface area contributed by atoms with Crippen LogP contribution in [0.2, 0.25) is 0 Å². The smallest absolute Gasteiger partial charge is 0.0700 e. The molecule has 1 atom stereocenters. The van der Waals surface area contributed by atoms with Crippen molar-refractivity contribution in [1.82, 2.24) is 5.32 Å². The first-order chi connectivity index (χ1) is 7.95. The summed E-state index contributed by atoms with van der Waals surface area (Å²) >= 11 is 0. The summed E-state index contributed by atoms with van der Waals surface area (Å²) in [6.07, 6.45) is 13.2. The highest BCUT2D eigenvalue weighted by Crippen LogP contribution is 2.24. The van der Waals surface area contributed by atoms with Gasteiger partial charge in [0.05, 0.1) is 6.10 Å². The second-order valence-electron chi connectivity index (χ2n) is 5.49. The molecule has 0 aromatic carbocycles. The average molecular weight is 225 g/mol. The van der Waals surface area contributed by atoms with Crippen molar-refractivity contribution in [2.45, 2.75) is 63.9 Å². The molecule has 0 bridgehead atoms. The predicted octanol–water partition coefficient (Wildman–Crippen LogP) is 3.12. The highest BCUT2D eigenvalue weighted by Gasteiger charge is 2.15. The first-order valence-electron chi connectivity index (χ1n) is 7.27. The fraction of sp³-hybridized carbons (Fsp3) is 1.00. The van der Waals surface area contributed by atoms with Gasteiger partial charge in [-0.15, -0.1) is 0 Å². The van der Waals surface area contributed by atoms with Crippen molar-refractivity contribution in [1.29, 1.82) is 0 Å². The van der Waals surface area contributed by atoms with E-state index >= 15 is 0 Å². The average Bonchev–Trinajstić information content (AvgIpc) is 2.68. The van der Waals surface area contributed by atoms with Crippen molar-refractivity contribution in [3.8, 4) is 0 Å². The molecule has 0 aromatic rings. The maximum absolute atomic E-state index is 5.60. The van der Waals surface area contributed by atoms with Crippen LogP contribution in [-0.4, -0.2) is 25.8 Å². The first kappa shape index (κ1) is 12.4. The standard InChI is InChI=1S/C14H27NO/c1-2-4-7-13(6-3-1)9-10-15-12-14-8-5-11-16-14/h13-15H,1-12H2. The van der Waals surface area contributed by atoms with E-state index in [1.165, 1.54) is 64.3 Å². The molecule has 0 radical (unpaired) electrons. The molecule has 94 valence electrons. The van der Waals surface area contributed by atoms with Crippen molar-refractivity contribution in [2.75, 3.05) is 19.7 Å². The molecule has 1 aliphatic heterocycles. The van der Waals surface area contributed by atoms with E-state index in [0.29, 0.717) is 6.10 Å². The molecule has 2 heteroatoms. The number of nitrogens with one attached hydrogen (secondary N) is 1. The molecule has 2 aliphatic rings. The van der Waals surface area contributed by atoms with Gasteiger partial charge in [0.1, 0.15) is 0 Å². The molecule has 0 aromatic heterocycles. The summed E-state index contributed by atoms with van der Waals surface area (Å²) in [4.78, 5) is 0. The molecular formula is C14H27NO. The summed E-state index contributed by atoms with van der Waals surface area (Å²) in [6.45, 7) is 3.26. The van der Waals surface area contributed by atoms with Crippen LogP contribution in [0.1, 0.15) is 57.8 Å². The Morgan fingerprint density at radius 3 is 2.44 bits per heavy atom. The Labute approximate surface area is 100 Å². The van der Waals surface area contributed by atoms with Crippen molar-refractivity contribution >= 4 is 0 Å². The van der Waals surface area contributed by atoms with Gasteiger partial charge in [-0.05, 0) is 31.7 Å². The van der Waals surface area contributed by atoms with E-state index < -0.39 is 0 Å². The van der Waals surface area contributed by atoms with Crippen LogP contribution in [0.5, 0.6) is 0 Å². The van der Waals surface area contributed by atoms with Gasteiger partial charge in [-0.3, -0.25) is 0 Å². The lowest BCUT2D eigenvalue weighted by molar-refractivity contribution is 0.110. The summed E-state index contributed by atoms with van der Waals surface area (Å²) in [5.74, 6) is 1.000. The molecule has 1 saturated heterocycles. The second kappa shape index (κ2) is 7.29. The largest absolute Gasteiger partial charge is 0.377 e. The third-order valence-corrected chi connectivity index (χ3v) is 4.10. The SMILES string of the molecule is C1CCCC(CCNCC2CCCO2)CC1. The third kappa shape index (κ3) is 4.42. The molecule has 0 amide bonds. The van der Waals surface area contributed by atoms with Gasteiger partial charge in [0.2, 0.25) is 0 Å². The Morgan fingerprint density at radius 1 is 0.938 bits per heavy atom. The van der Waals surface area contributed by atoms with Crippen LogP contribution in [0.4, 0.5) is 0 Å². The molecule has 1 heterocycles. The van der Waals surface area contributed by atoms with Crippen molar-refractivity contribution in [3.63, 3.8) is 0 Å². The molecule has 16 heavy (non-hydrogen) atoms. The Balaban J connectivity index is 1.49. The van der Waals surface area contributed by atoms with Crippen LogP contribution >= 0.6 is 0 Å². The van der Waals surface area contributed by atoms with Crippen LogP contribution in [-0.2, 0) is 4.74 Å². The van der Waals surface area contributed by atoms with Gasteiger partial charge in [0.15, 0.2) is 0 Å². The second-order valence-corrected chi connectivity index (χ2v) is 5.49. The molecule has 1 unspecified atom stereocenters. The lowest BCUT2D eigenvalue weighted by atomic mass is 9.97. The van der Waals surface area contributed by atoms with Gasteiger partial charge in [-0.1, -0.05) is 38.5 Å². The number of rotatable bonds is 5. The monoisotopic (exact) mass is 225 g/mol. The topological polar surface area (TPSA) is 21.3 Å². The summed E-state index contributed by atoms with van der Waals surface area (Å²) in [5, 5.41) is 3.57. The van der Waals surface area contributed by atoms with E-state index in [9.17, 15) is 0 Å². The maximum atomic E-state index is 5.60. The first-order valence-corrected chi connectivity index (χ1v) is 7.27. The maximum Gasteiger partial charge on any atom is 0.0700 e.